The topological polar surface area (TPSA) is 42.2 Å². The van der Waals surface area contributed by atoms with Gasteiger partial charge in [-0.15, -0.1) is 11.3 Å². The van der Waals surface area contributed by atoms with Gasteiger partial charge in [0.25, 0.3) is 0 Å². The van der Waals surface area contributed by atoms with E-state index < -0.39 is 0 Å². The Hall–Kier alpha value is -1.98. The molecule has 0 radical (unpaired) electrons. The van der Waals surface area contributed by atoms with Crippen molar-refractivity contribution >= 4 is 11.3 Å². The van der Waals surface area contributed by atoms with Crippen molar-refractivity contribution in [2.24, 2.45) is 0 Å². The van der Waals surface area contributed by atoms with Gasteiger partial charge in [0, 0.05) is 16.6 Å². The van der Waals surface area contributed by atoms with E-state index >= 15 is 0 Å². The molecular weight excluding hydrogens is 294 g/mol. The molecule has 2 aromatic heterocycles. The third kappa shape index (κ3) is 3.26. The van der Waals surface area contributed by atoms with Gasteiger partial charge in [-0.3, -0.25) is 4.90 Å². The number of thiazole rings is 1. The number of rotatable bonds is 5. The number of hydrogen-bond donors (Lipinski definition) is 0. The highest BCUT2D eigenvalue weighted by Gasteiger charge is 2.19. The van der Waals surface area contributed by atoms with Crippen LogP contribution in [-0.2, 0) is 6.54 Å². The number of hydrogen-bond acceptors (Lipinski definition) is 5. The molecule has 0 unspecified atom stereocenters. The summed E-state index contributed by atoms with van der Waals surface area (Å²) in [6.07, 6.45) is 1.79. The Morgan fingerprint density at radius 1 is 1.27 bits per heavy atom. The lowest BCUT2D eigenvalue weighted by Crippen LogP contribution is -2.22. The molecule has 5 heteroatoms. The molecule has 3 aromatic rings. The first kappa shape index (κ1) is 14.9. The van der Waals surface area contributed by atoms with E-state index in [1.165, 1.54) is 0 Å². The van der Waals surface area contributed by atoms with Crippen molar-refractivity contribution in [3.63, 3.8) is 0 Å². The first-order chi connectivity index (χ1) is 10.6. The molecule has 0 aliphatic heterocycles. The molecule has 22 heavy (non-hydrogen) atoms. The van der Waals surface area contributed by atoms with Crippen LogP contribution >= 0.6 is 11.3 Å². The minimum Gasteiger partial charge on any atom is -0.439 e. The minimum atomic E-state index is 0.0988. The van der Waals surface area contributed by atoms with Crippen molar-refractivity contribution in [1.82, 2.24) is 14.9 Å². The highest BCUT2D eigenvalue weighted by Crippen LogP contribution is 2.26. The maximum atomic E-state index is 5.93. The van der Waals surface area contributed by atoms with Crippen LogP contribution in [0.3, 0.4) is 0 Å². The zero-order valence-corrected chi connectivity index (χ0v) is 13.8. The highest BCUT2D eigenvalue weighted by molar-refractivity contribution is 7.09. The largest absolute Gasteiger partial charge is 0.439 e. The lowest BCUT2D eigenvalue weighted by Gasteiger charge is -2.20. The van der Waals surface area contributed by atoms with Crippen LogP contribution in [0, 0.1) is 6.92 Å². The SMILES string of the molecule is Cc1csc(CN(C)[C@H](C)c2ncc(-c3ccccc3)o2)n1. The summed E-state index contributed by atoms with van der Waals surface area (Å²) in [5.74, 6) is 1.54. The van der Waals surface area contributed by atoms with E-state index in [1.807, 2.05) is 37.3 Å². The summed E-state index contributed by atoms with van der Waals surface area (Å²) >= 11 is 1.69. The van der Waals surface area contributed by atoms with Crippen molar-refractivity contribution in [1.29, 1.82) is 0 Å². The Morgan fingerprint density at radius 2 is 2.05 bits per heavy atom. The summed E-state index contributed by atoms with van der Waals surface area (Å²) in [5, 5.41) is 3.19. The van der Waals surface area contributed by atoms with Gasteiger partial charge in [0.2, 0.25) is 5.89 Å². The van der Waals surface area contributed by atoms with Gasteiger partial charge in [0.05, 0.1) is 18.8 Å². The quantitative estimate of drug-likeness (QED) is 0.704. The van der Waals surface area contributed by atoms with E-state index in [0.717, 1.165) is 34.5 Å². The van der Waals surface area contributed by atoms with Crippen LogP contribution < -0.4 is 0 Å². The van der Waals surface area contributed by atoms with Crippen molar-refractivity contribution in [3.05, 3.63) is 58.5 Å². The predicted molar refractivity (Wildman–Crippen MR) is 88.7 cm³/mol. The average Bonchev–Trinajstić information content (AvgIpc) is 3.17. The van der Waals surface area contributed by atoms with Crippen molar-refractivity contribution < 1.29 is 4.42 Å². The number of oxazole rings is 1. The van der Waals surface area contributed by atoms with Gasteiger partial charge in [0.1, 0.15) is 5.01 Å². The summed E-state index contributed by atoms with van der Waals surface area (Å²) in [6, 6.07) is 10.1. The molecular formula is C17H19N3OS. The maximum Gasteiger partial charge on any atom is 0.211 e. The van der Waals surface area contributed by atoms with Crippen molar-refractivity contribution in [2.75, 3.05) is 7.05 Å². The molecule has 0 aliphatic rings. The molecule has 0 N–H and O–H groups in total. The molecule has 4 nitrogen and oxygen atoms in total. The molecule has 114 valence electrons. The van der Waals surface area contributed by atoms with Crippen LogP contribution in [0.5, 0.6) is 0 Å². The van der Waals surface area contributed by atoms with Crippen molar-refractivity contribution in [3.8, 4) is 11.3 Å². The van der Waals surface area contributed by atoms with E-state index in [0.29, 0.717) is 0 Å². The second-order valence-electron chi connectivity index (χ2n) is 5.40. The van der Waals surface area contributed by atoms with Gasteiger partial charge in [-0.2, -0.15) is 0 Å². The van der Waals surface area contributed by atoms with E-state index in [1.54, 1.807) is 17.5 Å². The van der Waals surface area contributed by atoms with Crippen LogP contribution in [0.2, 0.25) is 0 Å². The number of nitrogens with zero attached hydrogens (tertiary/aromatic N) is 3. The van der Waals surface area contributed by atoms with Crippen LogP contribution in [0.15, 0.2) is 46.3 Å². The summed E-state index contributed by atoms with van der Waals surface area (Å²) in [7, 11) is 2.06. The Bertz CT molecular complexity index is 735. The molecule has 0 saturated carbocycles. The Kier molecular flexibility index (Phi) is 4.36. The average molecular weight is 313 g/mol. The molecule has 0 amide bonds. The molecule has 0 saturated heterocycles. The number of aryl methyl sites for hydroxylation is 1. The smallest absolute Gasteiger partial charge is 0.211 e. The molecule has 0 bridgehead atoms. The molecule has 2 heterocycles. The Labute approximate surface area is 134 Å². The zero-order valence-electron chi connectivity index (χ0n) is 13.0. The maximum absolute atomic E-state index is 5.93. The number of aromatic nitrogens is 2. The fourth-order valence-corrected chi connectivity index (χ4v) is 3.06. The molecule has 1 aromatic carbocycles. The third-order valence-corrected chi connectivity index (χ3v) is 4.60. The van der Waals surface area contributed by atoms with Crippen LogP contribution in [-0.4, -0.2) is 21.9 Å². The van der Waals surface area contributed by atoms with Crippen LogP contribution in [0.25, 0.3) is 11.3 Å². The van der Waals surface area contributed by atoms with Crippen LogP contribution in [0.4, 0.5) is 0 Å². The summed E-state index contributed by atoms with van der Waals surface area (Å²) in [6.45, 7) is 4.91. The highest BCUT2D eigenvalue weighted by atomic mass is 32.1. The number of benzene rings is 1. The van der Waals surface area contributed by atoms with Crippen LogP contribution in [0.1, 0.15) is 29.6 Å². The van der Waals surface area contributed by atoms with Gasteiger partial charge in [-0.1, -0.05) is 30.3 Å². The summed E-state index contributed by atoms with van der Waals surface area (Å²) in [5.41, 5.74) is 2.12. The van der Waals surface area contributed by atoms with E-state index in [2.05, 4.69) is 34.2 Å². The van der Waals surface area contributed by atoms with E-state index in [-0.39, 0.29) is 6.04 Å². The lowest BCUT2D eigenvalue weighted by atomic mass is 10.2. The molecule has 1 atom stereocenters. The molecule has 3 rings (SSSR count). The summed E-state index contributed by atoms with van der Waals surface area (Å²) in [4.78, 5) is 11.1. The second-order valence-corrected chi connectivity index (χ2v) is 6.35. The lowest BCUT2D eigenvalue weighted by molar-refractivity contribution is 0.218. The fourth-order valence-electron chi connectivity index (χ4n) is 2.23. The molecule has 0 aliphatic carbocycles. The first-order valence-electron chi connectivity index (χ1n) is 7.26. The zero-order chi connectivity index (χ0) is 15.5. The third-order valence-electron chi connectivity index (χ3n) is 3.65. The van der Waals surface area contributed by atoms with E-state index in [9.17, 15) is 0 Å². The second kappa shape index (κ2) is 6.42. The standard InChI is InChI=1S/C17H19N3OS/c1-12-11-22-16(19-12)10-20(3)13(2)17-18-9-15(21-17)14-7-5-4-6-8-14/h4-9,11,13H,10H2,1-3H3/t13-/m1/s1. The predicted octanol–water partition coefficient (Wildman–Crippen LogP) is 4.30. The Balaban J connectivity index is 1.72. The van der Waals surface area contributed by atoms with Gasteiger partial charge in [0.15, 0.2) is 5.76 Å². The monoisotopic (exact) mass is 313 g/mol. The van der Waals surface area contributed by atoms with Gasteiger partial charge in [-0.05, 0) is 20.9 Å². The van der Waals surface area contributed by atoms with Crippen molar-refractivity contribution in [2.45, 2.75) is 26.4 Å². The normalized spacial score (nSPS) is 12.7. The molecule has 0 spiro atoms. The fraction of sp³-hybridized carbons (Fsp3) is 0.294. The molecule has 0 fully saturated rings. The van der Waals surface area contributed by atoms with E-state index in [4.69, 9.17) is 4.42 Å². The van der Waals surface area contributed by atoms with Gasteiger partial charge < -0.3 is 4.42 Å². The Morgan fingerprint density at radius 3 is 2.73 bits per heavy atom. The first-order valence-corrected chi connectivity index (χ1v) is 8.14. The summed E-state index contributed by atoms with van der Waals surface area (Å²) < 4.78 is 5.93. The van der Waals surface area contributed by atoms with Gasteiger partial charge in [-0.25, -0.2) is 9.97 Å². The minimum absolute atomic E-state index is 0.0988. The van der Waals surface area contributed by atoms with Gasteiger partial charge >= 0.3 is 0 Å².